The molecule has 2 N–H and O–H groups in total. The molecule has 0 spiro atoms. The van der Waals surface area contributed by atoms with Gasteiger partial charge >= 0.3 is 0 Å². The van der Waals surface area contributed by atoms with Gasteiger partial charge in [-0.1, -0.05) is 6.07 Å². The molecule has 1 aromatic carbocycles. The van der Waals surface area contributed by atoms with Crippen molar-refractivity contribution in [3.05, 3.63) is 42.2 Å². The summed E-state index contributed by atoms with van der Waals surface area (Å²) in [4.78, 5) is 16.8. The Morgan fingerprint density at radius 3 is 2.71 bits per heavy atom. The molecule has 2 aromatic rings. The van der Waals surface area contributed by atoms with Crippen molar-refractivity contribution in [2.24, 2.45) is 0 Å². The van der Waals surface area contributed by atoms with E-state index < -0.39 is 10.0 Å². The first-order valence-corrected chi connectivity index (χ1v) is 9.12. The largest absolute Gasteiger partial charge is 0.497 e. The van der Waals surface area contributed by atoms with Gasteiger partial charge < -0.3 is 14.6 Å². The summed E-state index contributed by atoms with van der Waals surface area (Å²) in [5.41, 5.74) is 0.672. The van der Waals surface area contributed by atoms with Crippen molar-refractivity contribution < 1.29 is 17.9 Å². The third kappa shape index (κ3) is 3.38. The standard InChI is InChI=1S/C16H19N3O4S/c1-23-13-6-4-5-12(9-13)18-24(21,22)14-10-15(17-11-14)16(20)19-7-2-3-8-19/h4-6,9-11,17-18H,2-3,7-8H2,1H3. The fourth-order valence-electron chi connectivity index (χ4n) is 2.64. The summed E-state index contributed by atoms with van der Waals surface area (Å²) in [7, 11) is -2.27. The maximum absolute atomic E-state index is 12.5. The van der Waals surface area contributed by atoms with Crippen molar-refractivity contribution in [1.82, 2.24) is 9.88 Å². The second kappa shape index (κ2) is 6.56. The molecular formula is C16H19N3O4S. The molecule has 1 fully saturated rings. The van der Waals surface area contributed by atoms with Crippen molar-refractivity contribution in [2.75, 3.05) is 24.9 Å². The minimum atomic E-state index is -3.78. The van der Waals surface area contributed by atoms with E-state index in [1.165, 1.54) is 19.4 Å². The van der Waals surface area contributed by atoms with Gasteiger partial charge in [0.05, 0.1) is 12.8 Å². The average molecular weight is 349 g/mol. The molecule has 0 saturated carbocycles. The summed E-state index contributed by atoms with van der Waals surface area (Å²) in [6.07, 6.45) is 3.29. The number of nitrogens with zero attached hydrogens (tertiary/aromatic N) is 1. The number of amides is 1. The van der Waals surface area contributed by atoms with Gasteiger partial charge in [0.25, 0.3) is 15.9 Å². The van der Waals surface area contributed by atoms with E-state index in [-0.39, 0.29) is 16.5 Å². The first-order valence-electron chi connectivity index (χ1n) is 7.64. The van der Waals surface area contributed by atoms with Crippen LogP contribution in [0.15, 0.2) is 41.4 Å². The Morgan fingerprint density at radius 2 is 2.00 bits per heavy atom. The zero-order chi connectivity index (χ0) is 17.2. The number of ether oxygens (including phenoxy) is 1. The second-order valence-electron chi connectivity index (χ2n) is 5.59. The van der Waals surface area contributed by atoms with Crippen molar-refractivity contribution in [1.29, 1.82) is 0 Å². The topological polar surface area (TPSA) is 91.5 Å². The molecule has 0 bridgehead atoms. The molecule has 1 aliphatic heterocycles. The SMILES string of the molecule is COc1cccc(NS(=O)(=O)c2c[nH]c(C(=O)N3CCCC3)c2)c1. The van der Waals surface area contributed by atoms with Gasteiger partial charge in [-0.05, 0) is 31.0 Å². The van der Waals surface area contributed by atoms with Crippen LogP contribution >= 0.6 is 0 Å². The number of hydrogen-bond acceptors (Lipinski definition) is 4. The summed E-state index contributed by atoms with van der Waals surface area (Å²) in [6.45, 7) is 1.42. The van der Waals surface area contributed by atoms with E-state index in [4.69, 9.17) is 4.74 Å². The maximum atomic E-state index is 12.5. The Bertz CT molecular complexity index is 839. The summed E-state index contributed by atoms with van der Waals surface area (Å²) < 4.78 is 32.5. The highest BCUT2D eigenvalue weighted by Crippen LogP contribution is 2.21. The molecule has 0 aliphatic carbocycles. The van der Waals surface area contributed by atoms with E-state index in [0.29, 0.717) is 24.5 Å². The van der Waals surface area contributed by atoms with E-state index in [1.807, 2.05) is 0 Å². The molecule has 1 aromatic heterocycles. The Balaban J connectivity index is 1.78. The molecule has 24 heavy (non-hydrogen) atoms. The summed E-state index contributed by atoms with van der Waals surface area (Å²) in [5.74, 6) is 0.379. The van der Waals surface area contributed by atoms with Crippen LogP contribution in [0.4, 0.5) is 5.69 Å². The minimum Gasteiger partial charge on any atom is -0.497 e. The van der Waals surface area contributed by atoms with Crippen LogP contribution in [0.2, 0.25) is 0 Å². The van der Waals surface area contributed by atoms with Crippen LogP contribution in [-0.2, 0) is 10.0 Å². The normalized spacial score (nSPS) is 14.6. The number of anilines is 1. The van der Waals surface area contributed by atoms with E-state index >= 15 is 0 Å². The first kappa shape index (κ1) is 16.4. The van der Waals surface area contributed by atoms with Crippen LogP contribution in [0.5, 0.6) is 5.75 Å². The number of aromatic amines is 1. The smallest absolute Gasteiger partial charge is 0.270 e. The van der Waals surface area contributed by atoms with E-state index in [1.54, 1.807) is 29.2 Å². The molecule has 1 aliphatic rings. The highest BCUT2D eigenvalue weighted by atomic mass is 32.2. The number of carbonyl (C=O) groups is 1. The van der Waals surface area contributed by atoms with Gasteiger partial charge in [-0.2, -0.15) is 0 Å². The van der Waals surface area contributed by atoms with Crippen LogP contribution < -0.4 is 9.46 Å². The maximum Gasteiger partial charge on any atom is 0.270 e. The van der Waals surface area contributed by atoms with Crippen LogP contribution in [0.1, 0.15) is 23.3 Å². The zero-order valence-corrected chi connectivity index (χ0v) is 14.1. The van der Waals surface area contributed by atoms with Gasteiger partial charge in [0.1, 0.15) is 16.3 Å². The van der Waals surface area contributed by atoms with E-state index in [2.05, 4.69) is 9.71 Å². The van der Waals surface area contributed by atoms with Gasteiger partial charge in [0, 0.05) is 25.4 Å². The van der Waals surface area contributed by atoms with E-state index in [0.717, 1.165) is 12.8 Å². The molecule has 8 heteroatoms. The molecule has 0 radical (unpaired) electrons. The molecule has 128 valence electrons. The fraction of sp³-hybridized carbons (Fsp3) is 0.312. The number of H-pyrrole nitrogens is 1. The third-order valence-corrected chi connectivity index (χ3v) is 5.27. The second-order valence-corrected chi connectivity index (χ2v) is 7.27. The Hall–Kier alpha value is -2.48. The highest BCUT2D eigenvalue weighted by Gasteiger charge is 2.23. The lowest BCUT2D eigenvalue weighted by Gasteiger charge is -2.13. The number of nitrogens with one attached hydrogen (secondary N) is 2. The number of benzene rings is 1. The number of methoxy groups -OCH3 is 1. The molecule has 2 heterocycles. The van der Waals surface area contributed by atoms with Crippen molar-refractivity contribution in [2.45, 2.75) is 17.7 Å². The van der Waals surface area contributed by atoms with E-state index in [9.17, 15) is 13.2 Å². The highest BCUT2D eigenvalue weighted by molar-refractivity contribution is 7.92. The van der Waals surface area contributed by atoms with Gasteiger partial charge in [-0.25, -0.2) is 8.42 Å². The molecule has 1 saturated heterocycles. The van der Waals surface area contributed by atoms with Crippen LogP contribution in [0.3, 0.4) is 0 Å². The molecule has 0 unspecified atom stereocenters. The number of carbonyl (C=O) groups excluding carboxylic acids is 1. The predicted octanol–water partition coefficient (Wildman–Crippen LogP) is 2.06. The Kier molecular flexibility index (Phi) is 4.48. The van der Waals surface area contributed by atoms with Crippen LogP contribution in [0.25, 0.3) is 0 Å². The quantitative estimate of drug-likeness (QED) is 0.864. The van der Waals surface area contributed by atoms with Crippen molar-refractivity contribution >= 4 is 21.6 Å². The lowest BCUT2D eigenvalue weighted by Crippen LogP contribution is -2.27. The predicted molar refractivity (Wildman–Crippen MR) is 89.7 cm³/mol. The summed E-state index contributed by atoms with van der Waals surface area (Å²) in [5, 5.41) is 0. The fourth-order valence-corrected chi connectivity index (χ4v) is 3.69. The first-order chi connectivity index (χ1) is 11.5. The monoisotopic (exact) mass is 349 g/mol. The summed E-state index contributed by atoms with van der Waals surface area (Å²) in [6, 6.07) is 7.99. The molecule has 7 nitrogen and oxygen atoms in total. The van der Waals surface area contributed by atoms with Gasteiger partial charge in [-0.3, -0.25) is 9.52 Å². The number of likely N-dealkylation sites (tertiary alicyclic amines) is 1. The van der Waals surface area contributed by atoms with Crippen molar-refractivity contribution in [3.63, 3.8) is 0 Å². The number of aromatic nitrogens is 1. The van der Waals surface area contributed by atoms with Gasteiger partial charge in [-0.15, -0.1) is 0 Å². The lowest BCUT2D eigenvalue weighted by atomic mass is 10.3. The third-order valence-electron chi connectivity index (χ3n) is 3.91. The summed E-state index contributed by atoms with van der Waals surface area (Å²) >= 11 is 0. The van der Waals surface area contributed by atoms with Crippen LogP contribution in [0, 0.1) is 0 Å². The lowest BCUT2D eigenvalue weighted by molar-refractivity contribution is 0.0787. The van der Waals surface area contributed by atoms with Gasteiger partial charge in [0.2, 0.25) is 0 Å². The van der Waals surface area contributed by atoms with Crippen molar-refractivity contribution in [3.8, 4) is 5.75 Å². The zero-order valence-electron chi connectivity index (χ0n) is 13.3. The number of rotatable bonds is 5. The Labute approximate surface area is 140 Å². The molecule has 1 amide bonds. The minimum absolute atomic E-state index is 0.0212. The Morgan fingerprint density at radius 1 is 1.25 bits per heavy atom. The number of sulfonamides is 1. The molecule has 3 rings (SSSR count). The number of hydrogen-bond donors (Lipinski definition) is 2. The molecule has 0 atom stereocenters. The average Bonchev–Trinajstić information content (AvgIpc) is 3.26. The molecular weight excluding hydrogens is 330 g/mol. The van der Waals surface area contributed by atoms with Gasteiger partial charge in [0.15, 0.2) is 0 Å². The van der Waals surface area contributed by atoms with Crippen LogP contribution in [-0.4, -0.2) is 44.4 Å².